The van der Waals surface area contributed by atoms with Gasteiger partial charge in [0.1, 0.15) is 4.90 Å². The summed E-state index contributed by atoms with van der Waals surface area (Å²) in [6, 6.07) is 0. The van der Waals surface area contributed by atoms with Gasteiger partial charge in [-0.05, 0) is 0 Å². The summed E-state index contributed by atoms with van der Waals surface area (Å²) in [6.45, 7) is 6.66. The van der Waals surface area contributed by atoms with Gasteiger partial charge in [-0.1, -0.05) is 20.8 Å². The van der Waals surface area contributed by atoms with Gasteiger partial charge in [0.25, 0.3) is 0 Å². The van der Waals surface area contributed by atoms with Crippen LogP contribution in [0, 0.1) is 0 Å². The third kappa shape index (κ3) is 4.12. The lowest BCUT2D eigenvalue weighted by atomic mass is 9.98. The lowest BCUT2D eigenvalue weighted by molar-refractivity contribution is 0.577. The van der Waals surface area contributed by atoms with Crippen molar-refractivity contribution in [3.63, 3.8) is 0 Å². The van der Waals surface area contributed by atoms with Crippen LogP contribution in [0.15, 0.2) is 22.7 Å². The average molecular weight is 328 g/mol. The Balaban J connectivity index is 1.94. The summed E-state index contributed by atoms with van der Waals surface area (Å²) in [7, 11) is -1.81. The molecule has 8 heteroatoms. The molecule has 0 radical (unpaired) electrons. The van der Waals surface area contributed by atoms with Crippen LogP contribution >= 0.6 is 11.3 Å². The summed E-state index contributed by atoms with van der Waals surface area (Å²) in [5.41, 5.74) is 0.941. The van der Waals surface area contributed by atoms with E-state index in [1.807, 2.05) is 5.38 Å². The van der Waals surface area contributed by atoms with Crippen LogP contribution in [0.25, 0.3) is 0 Å². The summed E-state index contributed by atoms with van der Waals surface area (Å²) in [5, 5.41) is 6.91. The van der Waals surface area contributed by atoms with Crippen molar-refractivity contribution in [2.45, 2.75) is 37.5 Å². The van der Waals surface area contributed by atoms with E-state index in [9.17, 15) is 8.42 Å². The number of thiazole rings is 1. The van der Waals surface area contributed by atoms with Gasteiger partial charge in [-0.15, -0.1) is 11.3 Å². The van der Waals surface area contributed by atoms with Crippen molar-refractivity contribution in [2.75, 3.05) is 6.54 Å². The molecule has 0 unspecified atom stereocenters. The maximum Gasteiger partial charge on any atom is 0.243 e. The highest BCUT2D eigenvalue weighted by Crippen LogP contribution is 2.25. The topological polar surface area (TPSA) is 76.9 Å². The molecule has 0 atom stereocenters. The van der Waals surface area contributed by atoms with Gasteiger partial charge in [0.2, 0.25) is 10.0 Å². The van der Waals surface area contributed by atoms with Crippen molar-refractivity contribution in [1.82, 2.24) is 19.5 Å². The van der Waals surface area contributed by atoms with Crippen molar-refractivity contribution in [3.8, 4) is 0 Å². The minimum absolute atomic E-state index is 0.0259. The molecule has 2 aromatic rings. The van der Waals surface area contributed by atoms with Gasteiger partial charge < -0.3 is 0 Å². The van der Waals surface area contributed by atoms with Crippen LogP contribution < -0.4 is 4.72 Å². The van der Waals surface area contributed by atoms with E-state index in [1.54, 1.807) is 18.4 Å². The number of nitrogens with zero attached hydrogens (tertiary/aromatic N) is 3. The van der Waals surface area contributed by atoms with E-state index in [0.717, 1.165) is 10.7 Å². The van der Waals surface area contributed by atoms with Crippen molar-refractivity contribution in [1.29, 1.82) is 0 Å². The number of aryl methyl sites for hydroxylation is 1. The zero-order valence-electron chi connectivity index (χ0n) is 12.6. The molecule has 0 fully saturated rings. The van der Waals surface area contributed by atoms with Gasteiger partial charge in [-0.2, -0.15) is 5.10 Å². The Morgan fingerprint density at radius 2 is 2.10 bits per heavy atom. The maximum absolute atomic E-state index is 12.0. The van der Waals surface area contributed by atoms with Gasteiger partial charge in [-0.25, -0.2) is 18.1 Å². The first kappa shape index (κ1) is 16.1. The lowest BCUT2D eigenvalue weighted by Crippen LogP contribution is -2.25. The van der Waals surface area contributed by atoms with Gasteiger partial charge in [0.15, 0.2) is 0 Å². The van der Waals surface area contributed by atoms with Crippen LogP contribution in [0.3, 0.4) is 0 Å². The molecule has 0 aliphatic heterocycles. The Bertz CT molecular complexity index is 711. The summed E-state index contributed by atoms with van der Waals surface area (Å²) < 4.78 is 28.1. The number of aromatic nitrogens is 3. The van der Waals surface area contributed by atoms with E-state index in [-0.39, 0.29) is 10.3 Å². The van der Waals surface area contributed by atoms with Gasteiger partial charge >= 0.3 is 0 Å². The summed E-state index contributed by atoms with van der Waals surface area (Å²) in [5.74, 6) is 0. The minimum atomic E-state index is -3.49. The second-order valence-corrected chi connectivity index (χ2v) is 8.52. The van der Waals surface area contributed by atoms with Crippen LogP contribution in [0.5, 0.6) is 0 Å². The van der Waals surface area contributed by atoms with Gasteiger partial charge in [-0.3, -0.25) is 4.68 Å². The normalized spacial score (nSPS) is 12.8. The Morgan fingerprint density at radius 1 is 1.38 bits per heavy atom. The molecule has 0 spiro atoms. The fraction of sp³-hybridized carbons (Fsp3) is 0.538. The second kappa shape index (κ2) is 5.86. The SMILES string of the molecule is Cn1cc(S(=O)(=O)NCCc2csc(C(C)(C)C)n2)cn1. The van der Waals surface area contributed by atoms with Crippen molar-refractivity contribution in [3.05, 3.63) is 28.5 Å². The third-order valence-electron chi connectivity index (χ3n) is 2.86. The Hall–Kier alpha value is -1.25. The van der Waals surface area contributed by atoms with Crippen molar-refractivity contribution >= 4 is 21.4 Å². The largest absolute Gasteiger partial charge is 0.274 e. The van der Waals surface area contributed by atoms with Crippen molar-refractivity contribution in [2.24, 2.45) is 7.05 Å². The Morgan fingerprint density at radius 3 is 2.62 bits per heavy atom. The molecule has 116 valence electrons. The highest BCUT2D eigenvalue weighted by atomic mass is 32.2. The first-order chi connectivity index (χ1) is 9.68. The highest BCUT2D eigenvalue weighted by Gasteiger charge is 2.19. The lowest BCUT2D eigenvalue weighted by Gasteiger charge is -2.13. The predicted octanol–water partition coefficient (Wildman–Crippen LogP) is 1.70. The molecule has 2 aromatic heterocycles. The number of hydrogen-bond donors (Lipinski definition) is 1. The first-order valence-electron chi connectivity index (χ1n) is 6.62. The van der Waals surface area contributed by atoms with Crippen LogP contribution in [0.4, 0.5) is 0 Å². The van der Waals surface area contributed by atoms with E-state index in [2.05, 4.69) is 35.6 Å². The molecule has 21 heavy (non-hydrogen) atoms. The number of sulfonamides is 1. The Labute approximate surface area is 129 Å². The molecule has 0 aliphatic rings. The Kier molecular flexibility index (Phi) is 4.50. The summed E-state index contributed by atoms with van der Waals surface area (Å²) in [6.07, 6.45) is 3.39. The van der Waals surface area contributed by atoms with E-state index in [4.69, 9.17) is 0 Å². The minimum Gasteiger partial charge on any atom is -0.274 e. The second-order valence-electron chi connectivity index (χ2n) is 5.89. The standard InChI is InChI=1S/C13H20N4O2S2/c1-13(2,3)12-16-10(9-20-12)5-6-15-21(18,19)11-7-14-17(4)8-11/h7-9,15H,5-6H2,1-4H3. The van der Waals surface area contributed by atoms with Crippen LogP contribution in [0.1, 0.15) is 31.5 Å². The van der Waals surface area contributed by atoms with Crippen LogP contribution in [-0.4, -0.2) is 29.7 Å². The van der Waals surface area contributed by atoms with Crippen LogP contribution in [0.2, 0.25) is 0 Å². The molecule has 0 aliphatic carbocycles. The molecular formula is C13H20N4O2S2. The maximum atomic E-state index is 12.0. The molecule has 0 saturated carbocycles. The molecule has 0 amide bonds. The molecule has 1 N–H and O–H groups in total. The summed E-state index contributed by atoms with van der Waals surface area (Å²) >= 11 is 1.61. The van der Waals surface area contributed by atoms with E-state index in [1.165, 1.54) is 17.1 Å². The number of nitrogens with one attached hydrogen (secondary N) is 1. The molecule has 6 nitrogen and oxygen atoms in total. The first-order valence-corrected chi connectivity index (χ1v) is 8.98. The van der Waals surface area contributed by atoms with E-state index in [0.29, 0.717) is 13.0 Å². The molecule has 2 rings (SSSR count). The van der Waals surface area contributed by atoms with Crippen LogP contribution in [-0.2, 0) is 28.9 Å². The molecule has 0 saturated heterocycles. The smallest absolute Gasteiger partial charge is 0.243 e. The molecule has 0 bridgehead atoms. The quantitative estimate of drug-likeness (QED) is 0.906. The zero-order chi connectivity index (χ0) is 15.7. The molecular weight excluding hydrogens is 308 g/mol. The van der Waals surface area contributed by atoms with E-state index < -0.39 is 10.0 Å². The third-order valence-corrected chi connectivity index (χ3v) is 5.59. The fourth-order valence-electron chi connectivity index (χ4n) is 1.70. The predicted molar refractivity (Wildman–Crippen MR) is 82.9 cm³/mol. The fourth-order valence-corrected chi connectivity index (χ4v) is 3.66. The molecule has 0 aromatic carbocycles. The van der Waals surface area contributed by atoms with Gasteiger partial charge in [0.05, 0.1) is 16.9 Å². The average Bonchev–Trinajstić information content (AvgIpc) is 2.97. The monoisotopic (exact) mass is 328 g/mol. The molecule has 2 heterocycles. The number of rotatable bonds is 5. The number of hydrogen-bond acceptors (Lipinski definition) is 5. The highest BCUT2D eigenvalue weighted by molar-refractivity contribution is 7.89. The summed E-state index contributed by atoms with van der Waals surface area (Å²) in [4.78, 5) is 4.72. The van der Waals surface area contributed by atoms with Gasteiger partial charge in [0, 0.05) is 37.0 Å². The van der Waals surface area contributed by atoms with Crippen molar-refractivity contribution < 1.29 is 8.42 Å². The van der Waals surface area contributed by atoms with E-state index >= 15 is 0 Å². The zero-order valence-corrected chi connectivity index (χ0v) is 14.3.